The summed E-state index contributed by atoms with van der Waals surface area (Å²) in [6, 6.07) is 13.7. The summed E-state index contributed by atoms with van der Waals surface area (Å²) in [5.41, 5.74) is 3.29. The lowest BCUT2D eigenvalue weighted by Gasteiger charge is -2.33. The molecule has 4 heteroatoms. The Labute approximate surface area is 136 Å². The van der Waals surface area contributed by atoms with Crippen LogP contribution >= 0.6 is 11.6 Å². The highest BCUT2D eigenvalue weighted by Gasteiger charge is 2.22. The molecule has 0 aromatic heterocycles. The Morgan fingerprint density at radius 1 is 1.23 bits per heavy atom. The molecule has 1 aliphatic heterocycles. The van der Waals surface area contributed by atoms with Crippen LogP contribution in [0.1, 0.15) is 22.8 Å². The monoisotopic (exact) mass is 317 g/mol. The van der Waals surface area contributed by atoms with Crippen molar-refractivity contribution in [3.05, 3.63) is 64.2 Å². The lowest BCUT2D eigenvalue weighted by atomic mass is 10.1. The third-order valence-electron chi connectivity index (χ3n) is 4.06. The van der Waals surface area contributed by atoms with Gasteiger partial charge in [0, 0.05) is 24.7 Å². The van der Waals surface area contributed by atoms with E-state index in [9.17, 15) is 5.11 Å². The van der Waals surface area contributed by atoms with Gasteiger partial charge in [-0.1, -0.05) is 35.9 Å². The molecule has 0 amide bonds. The number of phenolic OH excluding ortho intramolecular Hbond substituents is 1. The molecular weight excluding hydrogens is 298 g/mol. The minimum absolute atomic E-state index is 0.0872. The largest absolute Gasteiger partial charge is 0.508 e. The highest BCUT2D eigenvalue weighted by atomic mass is 35.5. The van der Waals surface area contributed by atoms with E-state index in [0.717, 1.165) is 42.4 Å². The van der Waals surface area contributed by atoms with Crippen LogP contribution in [-0.4, -0.2) is 29.7 Å². The minimum Gasteiger partial charge on any atom is -0.508 e. The molecule has 1 aliphatic rings. The van der Waals surface area contributed by atoms with Crippen molar-refractivity contribution in [2.24, 2.45) is 0 Å². The molecule has 3 rings (SSSR count). The summed E-state index contributed by atoms with van der Waals surface area (Å²) in [6.07, 6.45) is 0.0872. The summed E-state index contributed by atoms with van der Waals surface area (Å²) in [6.45, 7) is 5.30. The summed E-state index contributed by atoms with van der Waals surface area (Å²) in [5.74, 6) is 0.352. The van der Waals surface area contributed by atoms with E-state index in [1.807, 2.05) is 43.3 Å². The number of phenols is 1. The predicted molar refractivity (Wildman–Crippen MR) is 88.3 cm³/mol. The SMILES string of the molecule is Cc1cc(CN2CCO[C@H](c3ccc(Cl)cc3)C2)ccc1O. The van der Waals surface area contributed by atoms with Gasteiger partial charge < -0.3 is 9.84 Å². The molecule has 0 unspecified atom stereocenters. The Kier molecular flexibility index (Phi) is 4.67. The zero-order valence-corrected chi connectivity index (χ0v) is 13.4. The van der Waals surface area contributed by atoms with E-state index in [1.54, 1.807) is 6.07 Å². The fourth-order valence-corrected chi connectivity index (χ4v) is 2.93. The molecule has 3 nitrogen and oxygen atoms in total. The molecule has 1 N–H and O–H groups in total. The molecule has 1 heterocycles. The predicted octanol–water partition coefficient (Wildman–Crippen LogP) is 3.93. The molecule has 22 heavy (non-hydrogen) atoms. The third-order valence-corrected chi connectivity index (χ3v) is 4.31. The normalized spacial score (nSPS) is 19.3. The number of aryl methyl sites for hydroxylation is 1. The van der Waals surface area contributed by atoms with E-state index in [4.69, 9.17) is 16.3 Å². The number of aromatic hydroxyl groups is 1. The highest BCUT2D eigenvalue weighted by molar-refractivity contribution is 6.30. The van der Waals surface area contributed by atoms with Crippen LogP contribution in [-0.2, 0) is 11.3 Å². The second-order valence-corrected chi connectivity index (χ2v) is 6.20. The van der Waals surface area contributed by atoms with Gasteiger partial charge in [-0.2, -0.15) is 0 Å². The van der Waals surface area contributed by atoms with Gasteiger partial charge in [-0.3, -0.25) is 4.90 Å². The maximum absolute atomic E-state index is 9.62. The fourth-order valence-electron chi connectivity index (χ4n) is 2.80. The van der Waals surface area contributed by atoms with Crippen LogP contribution in [0.5, 0.6) is 5.75 Å². The third kappa shape index (κ3) is 3.61. The van der Waals surface area contributed by atoms with Gasteiger partial charge in [0.2, 0.25) is 0 Å². The van der Waals surface area contributed by atoms with Crippen molar-refractivity contribution in [2.45, 2.75) is 19.6 Å². The lowest BCUT2D eigenvalue weighted by molar-refractivity contribution is -0.0329. The van der Waals surface area contributed by atoms with Crippen molar-refractivity contribution in [1.82, 2.24) is 4.90 Å². The van der Waals surface area contributed by atoms with Crippen molar-refractivity contribution in [3.63, 3.8) is 0 Å². The first-order valence-electron chi connectivity index (χ1n) is 7.50. The molecule has 2 aromatic rings. The fraction of sp³-hybridized carbons (Fsp3) is 0.333. The molecule has 1 fully saturated rings. The van der Waals surface area contributed by atoms with Crippen LogP contribution < -0.4 is 0 Å². The Bertz CT molecular complexity index is 642. The van der Waals surface area contributed by atoms with Crippen molar-refractivity contribution in [2.75, 3.05) is 19.7 Å². The van der Waals surface area contributed by atoms with E-state index in [1.165, 1.54) is 5.56 Å². The summed E-state index contributed by atoms with van der Waals surface area (Å²) >= 11 is 5.94. The molecule has 0 spiro atoms. The number of morpholine rings is 1. The van der Waals surface area contributed by atoms with E-state index in [2.05, 4.69) is 4.90 Å². The highest BCUT2D eigenvalue weighted by Crippen LogP contribution is 2.25. The number of hydrogen-bond donors (Lipinski definition) is 1. The van der Waals surface area contributed by atoms with Crippen LogP contribution in [0, 0.1) is 6.92 Å². The average Bonchev–Trinajstić information content (AvgIpc) is 2.52. The van der Waals surface area contributed by atoms with Gasteiger partial charge in [0.05, 0.1) is 12.7 Å². The van der Waals surface area contributed by atoms with Gasteiger partial charge in [0.1, 0.15) is 5.75 Å². The average molecular weight is 318 g/mol. The summed E-state index contributed by atoms with van der Waals surface area (Å²) in [5, 5.41) is 10.4. The molecule has 0 saturated carbocycles. The lowest BCUT2D eigenvalue weighted by Crippen LogP contribution is -2.37. The van der Waals surface area contributed by atoms with Gasteiger partial charge in [-0.15, -0.1) is 0 Å². The van der Waals surface area contributed by atoms with Crippen LogP contribution in [0.25, 0.3) is 0 Å². The summed E-state index contributed by atoms with van der Waals surface area (Å²) in [7, 11) is 0. The number of nitrogens with zero attached hydrogens (tertiary/aromatic N) is 1. The number of ether oxygens (including phenoxy) is 1. The van der Waals surface area contributed by atoms with Crippen molar-refractivity contribution >= 4 is 11.6 Å². The number of hydrogen-bond acceptors (Lipinski definition) is 3. The second kappa shape index (κ2) is 6.69. The van der Waals surface area contributed by atoms with Crippen molar-refractivity contribution in [1.29, 1.82) is 0 Å². The number of rotatable bonds is 3. The van der Waals surface area contributed by atoms with Gasteiger partial charge in [0.25, 0.3) is 0 Å². The zero-order chi connectivity index (χ0) is 15.5. The maximum atomic E-state index is 9.62. The Morgan fingerprint density at radius 3 is 2.73 bits per heavy atom. The maximum Gasteiger partial charge on any atom is 0.118 e. The Morgan fingerprint density at radius 2 is 2.00 bits per heavy atom. The van der Waals surface area contributed by atoms with E-state index in [-0.39, 0.29) is 6.10 Å². The summed E-state index contributed by atoms with van der Waals surface area (Å²) < 4.78 is 5.89. The topological polar surface area (TPSA) is 32.7 Å². The number of benzene rings is 2. The van der Waals surface area contributed by atoms with Gasteiger partial charge in [0.15, 0.2) is 0 Å². The van der Waals surface area contributed by atoms with Gasteiger partial charge in [-0.25, -0.2) is 0 Å². The quantitative estimate of drug-likeness (QED) is 0.931. The standard InChI is InChI=1S/C18H20ClNO2/c1-13-10-14(2-7-17(13)21)11-20-8-9-22-18(12-20)15-3-5-16(19)6-4-15/h2-7,10,18,21H,8-9,11-12H2,1H3/t18-/m0/s1. The first-order valence-corrected chi connectivity index (χ1v) is 7.87. The molecule has 2 aromatic carbocycles. The smallest absolute Gasteiger partial charge is 0.118 e. The van der Waals surface area contributed by atoms with Gasteiger partial charge in [-0.05, 0) is 41.8 Å². The van der Waals surface area contributed by atoms with Crippen molar-refractivity contribution in [3.8, 4) is 5.75 Å². The van der Waals surface area contributed by atoms with E-state index in [0.29, 0.717) is 5.75 Å². The van der Waals surface area contributed by atoms with Crippen molar-refractivity contribution < 1.29 is 9.84 Å². The molecule has 116 valence electrons. The minimum atomic E-state index is 0.0872. The van der Waals surface area contributed by atoms with Crippen LogP contribution in [0.4, 0.5) is 0 Å². The van der Waals surface area contributed by atoms with Crippen LogP contribution in [0.15, 0.2) is 42.5 Å². The molecule has 0 bridgehead atoms. The van der Waals surface area contributed by atoms with Crippen LogP contribution in [0.2, 0.25) is 5.02 Å². The van der Waals surface area contributed by atoms with E-state index < -0.39 is 0 Å². The molecule has 1 atom stereocenters. The molecule has 1 saturated heterocycles. The Hall–Kier alpha value is -1.55. The van der Waals surface area contributed by atoms with E-state index >= 15 is 0 Å². The Balaban J connectivity index is 1.67. The first kappa shape index (κ1) is 15.3. The summed E-state index contributed by atoms with van der Waals surface area (Å²) in [4.78, 5) is 2.38. The van der Waals surface area contributed by atoms with Gasteiger partial charge >= 0.3 is 0 Å². The number of halogens is 1. The molecular formula is C18H20ClNO2. The molecule has 0 radical (unpaired) electrons. The zero-order valence-electron chi connectivity index (χ0n) is 12.6. The first-order chi connectivity index (χ1) is 10.6. The molecule has 0 aliphatic carbocycles. The van der Waals surface area contributed by atoms with Crippen LogP contribution in [0.3, 0.4) is 0 Å². The second-order valence-electron chi connectivity index (χ2n) is 5.77.